The lowest BCUT2D eigenvalue weighted by molar-refractivity contribution is 0.450. The topological polar surface area (TPSA) is 26.3 Å². The number of fused-ring (bicyclic) bond motifs is 6. The molecule has 0 aliphatic rings. The largest absolute Gasteiger partial charge is 0.456 e. The number of hydrogen-bond donors (Lipinski definition) is 0. The van der Waals surface area contributed by atoms with E-state index < -0.39 is 0 Å². The van der Waals surface area contributed by atoms with E-state index in [9.17, 15) is 0 Å². The summed E-state index contributed by atoms with van der Waals surface area (Å²) in [5.41, 5.74) is 6.85. The van der Waals surface area contributed by atoms with Gasteiger partial charge in [0.2, 0.25) is 0 Å². The van der Waals surface area contributed by atoms with E-state index in [1.807, 2.05) is 0 Å². The second kappa shape index (κ2) is 9.61. The van der Waals surface area contributed by atoms with Crippen molar-refractivity contribution in [3.63, 3.8) is 0 Å². The molecule has 190 valence electrons. The van der Waals surface area contributed by atoms with E-state index in [0.29, 0.717) is 0 Å². The fraction of sp³-hybridized carbons (Fsp3) is 0.471. The summed E-state index contributed by atoms with van der Waals surface area (Å²) in [6, 6.07) is 17.9. The maximum Gasteiger partial charge on any atom is 0.136 e. The molecule has 0 atom stereocenters. The third kappa shape index (κ3) is 4.56. The van der Waals surface area contributed by atoms with Gasteiger partial charge in [0.25, 0.3) is 0 Å². The van der Waals surface area contributed by atoms with E-state index >= 15 is 0 Å². The van der Waals surface area contributed by atoms with Crippen LogP contribution in [-0.2, 0) is 10.8 Å². The molecule has 36 heavy (non-hydrogen) atoms. The summed E-state index contributed by atoms with van der Waals surface area (Å²) in [7, 11) is 0. The van der Waals surface area contributed by atoms with Crippen LogP contribution in [0.25, 0.3) is 43.9 Å². The Hall–Kier alpha value is -2.74. The molecule has 0 unspecified atom stereocenters. The first-order valence-corrected chi connectivity index (χ1v) is 14.1. The molecule has 0 N–H and O–H groups in total. The highest BCUT2D eigenvalue weighted by Gasteiger charge is 2.23. The maximum atomic E-state index is 6.37. The third-order valence-corrected chi connectivity index (χ3v) is 8.43. The van der Waals surface area contributed by atoms with Gasteiger partial charge in [0.05, 0.1) is 0 Å². The molecule has 0 saturated carbocycles. The Balaban J connectivity index is 1.57. The van der Waals surface area contributed by atoms with Crippen molar-refractivity contribution < 1.29 is 8.83 Å². The fourth-order valence-corrected chi connectivity index (χ4v) is 5.81. The van der Waals surface area contributed by atoms with Crippen LogP contribution >= 0.6 is 0 Å². The van der Waals surface area contributed by atoms with E-state index in [1.165, 1.54) is 73.3 Å². The average molecular weight is 483 g/mol. The molecule has 0 radical (unpaired) electrons. The van der Waals surface area contributed by atoms with Crippen LogP contribution in [0.15, 0.2) is 57.4 Å². The molecule has 2 heterocycles. The van der Waals surface area contributed by atoms with Crippen molar-refractivity contribution in [2.75, 3.05) is 0 Å². The van der Waals surface area contributed by atoms with Gasteiger partial charge in [-0.2, -0.15) is 0 Å². The first-order valence-electron chi connectivity index (χ1n) is 14.1. The predicted molar refractivity (Wildman–Crippen MR) is 155 cm³/mol. The first kappa shape index (κ1) is 24.9. The molecule has 5 aromatic rings. The van der Waals surface area contributed by atoms with Gasteiger partial charge in [-0.15, -0.1) is 0 Å². The van der Waals surface area contributed by atoms with Crippen LogP contribution in [0.1, 0.15) is 104 Å². The van der Waals surface area contributed by atoms with Crippen molar-refractivity contribution in [1.82, 2.24) is 0 Å². The predicted octanol–water partition coefficient (Wildman–Crippen LogP) is 11.2. The minimum Gasteiger partial charge on any atom is -0.456 e. The number of benzene rings is 3. The number of unbranched alkanes of at least 4 members (excludes halogenated alkanes) is 4. The second-order valence-corrected chi connectivity index (χ2v) is 12.2. The van der Waals surface area contributed by atoms with E-state index in [1.54, 1.807) is 0 Å². The molecule has 0 saturated heterocycles. The Labute approximate surface area is 216 Å². The molecule has 5 rings (SSSR count). The van der Waals surface area contributed by atoms with Crippen molar-refractivity contribution in [3.05, 3.63) is 59.7 Å². The summed E-state index contributed by atoms with van der Waals surface area (Å²) in [6.07, 6.45) is 10.0. The highest BCUT2D eigenvalue weighted by atomic mass is 16.3. The normalized spacial score (nSPS) is 13.1. The minimum atomic E-state index is 0.150. The first-order chi connectivity index (χ1) is 17.2. The van der Waals surface area contributed by atoms with Crippen LogP contribution in [0.4, 0.5) is 0 Å². The van der Waals surface area contributed by atoms with Gasteiger partial charge in [-0.25, -0.2) is 0 Å². The molecular weight excluding hydrogens is 440 g/mol. The summed E-state index contributed by atoms with van der Waals surface area (Å²) < 4.78 is 12.7. The molecule has 2 heteroatoms. The van der Waals surface area contributed by atoms with Crippen LogP contribution in [0.2, 0.25) is 0 Å². The highest BCUT2D eigenvalue weighted by Crippen LogP contribution is 2.40. The lowest BCUT2D eigenvalue weighted by Gasteiger charge is -2.25. The standard InChI is InChI=1S/C34H42O2/c1-7-9-11-17-33(3,4)23-13-15-29-25(19-23)27-21-32-28(22-31(27)35-29)26-20-24(14-16-30(26)36-32)34(5,6)18-12-10-8-2/h13-16,19-22H,7-12,17-18H2,1-6H3. The van der Waals surface area contributed by atoms with E-state index in [-0.39, 0.29) is 10.8 Å². The number of rotatable bonds is 10. The number of hydrogen-bond acceptors (Lipinski definition) is 2. The van der Waals surface area contributed by atoms with Crippen molar-refractivity contribution >= 4 is 43.9 Å². The van der Waals surface area contributed by atoms with Gasteiger partial charge in [-0.3, -0.25) is 0 Å². The van der Waals surface area contributed by atoms with Crippen molar-refractivity contribution in [2.24, 2.45) is 0 Å². The third-order valence-electron chi connectivity index (χ3n) is 8.43. The van der Waals surface area contributed by atoms with Crippen LogP contribution in [0, 0.1) is 0 Å². The van der Waals surface area contributed by atoms with Crippen LogP contribution in [0.5, 0.6) is 0 Å². The van der Waals surface area contributed by atoms with Gasteiger partial charge in [0.1, 0.15) is 22.3 Å². The minimum absolute atomic E-state index is 0.150. The van der Waals surface area contributed by atoms with Crippen molar-refractivity contribution in [3.8, 4) is 0 Å². The molecule has 0 spiro atoms. The molecule has 0 amide bonds. The Morgan fingerprint density at radius 3 is 1.28 bits per heavy atom. The van der Waals surface area contributed by atoms with Gasteiger partial charge in [0, 0.05) is 21.5 Å². The summed E-state index contributed by atoms with van der Waals surface area (Å²) >= 11 is 0. The summed E-state index contributed by atoms with van der Waals surface area (Å²) in [5, 5.41) is 4.66. The monoisotopic (exact) mass is 482 g/mol. The number of furan rings is 2. The average Bonchev–Trinajstić information content (AvgIpc) is 3.39. The van der Waals surface area contributed by atoms with Gasteiger partial charge in [-0.05, 0) is 71.2 Å². The maximum absolute atomic E-state index is 6.37. The van der Waals surface area contributed by atoms with Gasteiger partial charge < -0.3 is 8.83 Å². The fourth-order valence-electron chi connectivity index (χ4n) is 5.81. The second-order valence-electron chi connectivity index (χ2n) is 12.2. The highest BCUT2D eigenvalue weighted by molar-refractivity contribution is 6.14. The Kier molecular flexibility index (Phi) is 6.66. The van der Waals surface area contributed by atoms with E-state index in [2.05, 4.69) is 90.1 Å². The Morgan fingerprint density at radius 2 is 0.889 bits per heavy atom. The summed E-state index contributed by atoms with van der Waals surface area (Å²) in [6.45, 7) is 14.0. The zero-order chi connectivity index (χ0) is 25.5. The van der Waals surface area contributed by atoms with E-state index in [4.69, 9.17) is 8.83 Å². The van der Waals surface area contributed by atoms with E-state index in [0.717, 1.165) is 33.1 Å². The lowest BCUT2D eigenvalue weighted by atomic mass is 9.79. The molecular formula is C34H42O2. The van der Waals surface area contributed by atoms with Gasteiger partial charge >= 0.3 is 0 Å². The van der Waals surface area contributed by atoms with Gasteiger partial charge in [-0.1, -0.05) is 92.2 Å². The lowest BCUT2D eigenvalue weighted by Crippen LogP contribution is -2.16. The van der Waals surface area contributed by atoms with Crippen LogP contribution in [-0.4, -0.2) is 0 Å². The quantitative estimate of drug-likeness (QED) is 0.185. The molecule has 0 bridgehead atoms. The molecule has 3 aromatic carbocycles. The summed E-state index contributed by atoms with van der Waals surface area (Å²) in [4.78, 5) is 0. The molecule has 0 fully saturated rings. The molecule has 0 aliphatic heterocycles. The van der Waals surface area contributed by atoms with Crippen molar-refractivity contribution in [2.45, 2.75) is 104 Å². The van der Waals surface area contributed by atoms with Crippen molar-refractivity contribution in [1.29, 1.82) is 0 Å². The SMILES string of the molecule is CCCCCC(C)(C)c1ccc2oc3cc4c(cc3c2c1)oc1ccc(C(C)(C)CCCCC)cc14. The smallest absolute Gasteiger partial charge is 0.136 e. The Morgan fingerprint density at radius 1 is 0.500 bits per heavy atom. The zero-order valence-electron chi connectivity index (χ0n) is 23.1. The van der Waals surface area contributed by atoms with Crippen LogP contribution in [0.3, 0.4) is 0 Å². The zero-order valence-corrected chi connectivity index (χ0v) is 23.1. The Bertz CT molecular complexity index is 1390. The molecule has 2 aromatic heterocycles. The summed E-state index contributed by atoms with van der Waals surface area (Å²) in [5.74, 6) is 0. The molecule has 0 aliphatic carbocycles. The molecule has 2 nitrogen and oxygen atoms in total. The van der Waals surface area contributed by atoms with Gasteiger partial charge in [0.15, 0.2) is 0 Å². The van der Waals surface area contributed by atoms with Crippen LogP contribution < -0.4 is 0 Å².